The van der Waals surface area contributed by atoms with Crippen LogP contribution in [-0.2, 0) is 12.6 Å². The van der Waals surface area contributed by atoms with Crippen molar-refractivity contribution in [1.82, 2.24) is 0 Å². The van der Waals surface area contributed by atoms with Gasteiger partial charge in [0.05, 0.1) is 21.7 Å². The second-order valence-electron chi connectivity index (χ2n) is 5.92. The smallest absolute Gasteiger partial charge is 0.417 e. The Balaban J connectivity index is 2.04. The van der Waals surface area contributed by atoms with E-state index >= 15 is 0 Å². The number of aryl methyl sites for hydroxylation is 1. The van der Waals surface area contributed by atoms with Crippen molar-refractivity contribution in [3.8, 4) is 17.6 Å². The van der Waals surface area contributed by atoms with Crippen LogP contribution in [-0.4, -0.2) is 0 Å². The van der Waals surface area contributed by atoms with E-state index in [-0.39, 0.29) is 10.8 Å². The van der Waals surface area contributed by atoms with Gasteiger partial charge >= 0.3 is 6.18 Å². The molecule has 0 spiro atoms. The lowest BCUT2D eigenvalue weighted by Gasteiger charge is -2.16. The van der Waals surface area contributed by atoms with Crippen LogP contribution < -0.4 is 4.74 Å². The van der Waals surface area contributed by atoms with Crippen molar-refractivity contribution in [3.63, 3.8) is 0 Å². The molecule has 28 heavy (non-hydrogen) atoms. The van der Waals surface area contributed by atoms with Gasteiger partial charge in [-0.25, -0.2) is 0 Å². The van der Waals surface area contributed by atoms with Gasteiger partial charge in [-0.15, -0.1) is 0 Å². The zero-order valence-electron chi connectivity index (χ0n) is 14.1. The quantitative estimate of drug-likeness (QED) is 0.381. The lowest BCUT2D eigenvalue weighted by Crippen LogP contribution is -2.06. The minimum absolute atomic E-state index is 0.157. The number of hydrogen-bond acceptors (Lipinski definition) is 2. The molecule has 0 heterocycles. The number of ether oxygens (including phenoxy) is 1. The van der Waals surface area contributed by atoms with Gasteiger partial charge in [-0.2, -0.15) is 18.4 Å². The minimum atomic E-state index is -4.69. The second-order valence-corrected chi connectivity index (χ2v) is 7.08. The van der Waals surface area contributed by atoms with Crippen molar-refractivity contribution in [2.75, 3.05) is 0 Å². The summed E-state index contributed by atoms with van der Waals surface area (Å²) in [6, 6.07) is 13.7. The van der Waals surface area contributed by atoms with Gasteiger partial charge in [-0.1, -0.05) is 59.1 Å². The van der Waals surface area contributed by atoms with Crippen molar-refractivity contribution < 1.29 is 17.9 Å². The summed E-state index contributed by atoms with van der Waals surface area (Å²) in [4.78, 5) is 0. The maximum Gasteiger partial charge on any atom is 0.417 e. The molecule has 0 saturated heterocycles. The first-order valence-electron chi connectivity index (χ1n) is 8.03. The highest BCUT2D eigenvalue weighted by atomic mass is 35.5. The molecule has 2 nitrogen and oxygen atoms in total. The Kier molecular flexibility index (Phi) is 5.95. The topological polar surface area (TPSA) is 33.0 Å². The zero-order valence-corrected chi connectivity index (χ0v) is 16.3. The number of rotatable bonds is 4. The molecule has 0 bridgehead atoms. The summed E-state index contributed by atoms with van der Waals surface area (Å²) < 4.78 is 44.7. The summed E-state index contributed by atoms with van der Waals surface area (Å²) in [5.74, 6) is 0.173. The van der Waals surface area contributed by atoms with E-state index in [1.54, 1.807) is 18.2 Å². The van der Waals surface area contributed by atoms with Crippen LogP contribution in [0.15, 0.2) is 42.5 Å². The molecule has 0 radical (unpaired) electrons. The van der Waals surface area contributed by atoms with Crippen LogP contribution in [0, 0.1) is 11.3 Å². The molecule has 3 aromatic rings. The van der Waals surface area contributed by atoms with Gasteiger partial charge < -0.3 is 4.74 Å². The van der Waals surface area contributed by atoms with E-state index in [0.29, 0.717) is 24.7 Å². The number of fused-ring (bicyclic) bond motifs is 1. The predicted molar refractivity (Wildman–Crippen MR) is 104 cm³/mol. The Bertz CT molecular complexity index is 1090. The molecule has 0 saturated carbocycles. The van der Waals surface area contributed by atoms with E-state index in [4.69, 9.17) is 44.8 Å². The zero-order chi connectivity index (χ0) is 20.5. The average molecular weight is 445 g/mol. The Morgan fingerprint density at radius 1 is 1.00 bits per heavy atom. The van der Waals surface area contributed by atoms with Gasteiger partial charge in [-0.05, 0) is 41.0 Å². The van der Waals surface area contributed by atoms with Crippen molar-refractivity contribution in [1.29, 1.82) is 5.26 Å². The fraction of sp³-hybridized carbons (Fsp3) is 0.150. The molecule has 0 aliphatic rings. The first-order valence-corrected chi connectivity index (χ1v) is 9.17. The summed E-state index contributed by atoms with van der Waals surface area (Å²) in [7, 11) is 0. The SMILES string of the molecule is N#CCCc1cccc2ccc(Oc3c(Cl)cc(C(F)(F)F)c(Cl)c3Cl)cc12. The van der Waals surface area contributed by atoms with E-state index in [1.165, 1.54) is 0 Å². The molecule has 0 aromatic heterocycles. The van der Waals surface area contributed by atoms with Crippen LogP contribution in [0.5, 0.6) is 11.5 Å². The third-order valence-electron chi connectivity index (χ3n) is 4.09. The van der Waals surface area contributed by atoms with Crippen LogP contribution in [0.3, 0.4) is 0 Å². The second kappa shape index (κ2) is 8.08. The van der Waals surface area contributed by atoms with Crippen LogP contribution in [0.4, 0.5) is 13.2 Å². The fourth-order valence-corrected chi connectivity index (χ4v) is 3.56. The highest BCUT2D eigenvalue weighted by Crippen LogP contribution is 2.47. The molecular formula is C20H11Cl3F3NO. The molecule has 3 rings (SSSR count). The highest BCUT2D eigenvalue weighted by molar-refractivity contribution is 6.45. The predicted octanol–water partition coefficient (Wildman–Crippen LogP) is 8.07. The molecule has 0 atom stereocenters. The van der Waals surface area contributed by atoms with Gasteiger partial charge in [-0.3, -0.25) is 0 Å². The van der Waals surface area contributed by atoms with Gasteiger partial charge in [0.25, 0.3) is 0 Å². The van der Waals surface area contributed by atoms with Crippen LogP contribution in [0.2, 0.25) is 15.1 Å². The maximum atomic E-state index is 13.0. The van der Waals surface area contributed by atoms with Crippen molar-refractivity contribution in [2.45, 2.75) is 19.0 Å². The molecule has 0 fully saturated rings. The van der Waals surface area contributed by atoms with Gasteiger partial charge in [0, 0.05) is 6.42 Å². The van der Waals surface area contributed by atoms with Crippen molar-refractivity contribution >= 4 is 45.6 Å². The fourth-order valence-electron chi connectivity index (χ4n) is 2.78. The Labute approximate surface area is 174 Å². The average Bonchev–Trinajstić information content (AvgIpc) is 2.65. The Morgan fingerprint density at radius 3 is 2.43 bits per heavy atom. The molecular weight excluding hydrogens is 434 g/mol. The van der Waals surface area contributed by atoms with E-state index in [9.17, 15) is 13.2 Å². The molecule has 0 unspecified atom stereocenters. The molecule has 0 amide bonds. The third-order valence-corrected chi connectivity index (χ3v) is 5.22. The molecule has 144 valence electrons. The standard InChI is InChI=1S/C20H11Cl3F3NO/c21-16-10-15(20(24,25)26)17(22)18(23)19(16)28-13-7-6-12-4-1-3-11(5-2-8-27)14(12)9-13/h1,3-4,6-7,9-10H,2,5H2. The number of benzene rings is 3. The Morgan fingerprint density at radius 2 is 1.75 bits per heavy atom. The molecule has 3 aromatic carbocycles. The maximum absolute atomic E-state index is 13.0. The minimum Gasteiger partial charge on any atom is -0.454 e. The largest absolute Gasteiger partial charge is 0.454 e. The van der Waals surface area contributed by atoms with E-state index in [0.717, 1.165) is 16.3 Å². The number of alkyl halides is 3. The summed E-state index contributed by atoms with van der Waals surface area (Å²) in [6.45, 7) is 0. The summed E-state index contributed by atoms with van der Waals surface area (Å²) in [5, 5.41) is 9.22. The number of hydrogen-bond donors (Lipinski definition) is 0. The lowest BCUT2D eigenvalue weighted by atomic mass is 10.0. The number of halogens is 6. The van der Waals surface area contributed by atoms with Crippen LogP contribution in [0.25, 0.3) is 10.8 Å². The molecule has 0 N–H and O–H groups in total. The third kappa shape index (κ3) is 4.15. The van der Waals surface area contributed by atoms with Crippen molar-refractivity contribution in [2.24, 2.45) is 0 Å². The van der Waals surface area contributed by atoms with E-state index < -0.39 is 21.8 Å². The van der Waals surface area contributed by atoms with E-state index in [2.05, 4.69) is 6.07 Å². The molecule has 0 aliphatic carbocycles. The van der Waals surface area contributed by atoms with Crippen molar-refractivity contribution in [3.05, 3.63) is 68.7 Å². The summed E-state index contributed by atoms with van der Waals surface area (Å²) in [6.07, 6.45) is -3.78. The monoisotopic (exact) mass is 443 g/mol. The van der Waals surface area contributed by atoms with Crippen LogP contribution >= 0.6 is 34.8 Å². The lowest BCUT2D eigenvalue weighted by molar-refractivity contribution is -0.137. The van der Waals surface area contributed by atoms with Gasteiger partial charge in [0.2, 0.25) is 0 Å². The normalized spacial score (nSPS) is 11.5. The Hall–Kier alpha value is -2.13. The first-order chi connectivity index (χ1) is 13.2. The van der Waals surface area contributed by atoms with Crippen LogP contribution in [0.1, 0.15) is 17.5 Å². The van der Waals surface area contributed by atoms with Gasteiger partial charge in [0.1, 0.15) is 10.8 Å². The van der Waals surface area contributed by atoms with E-state index in [1.807, 2.05) is 18.2 Å². The number of nitriles is 1. The summed E-state index contributed by atoms with van der Waals surface area (Å²) >= 11 is 17.8. The molecule has 0 aliphatic heterocycles. The summed E-state index contributed by atoms with van der Waals surface area (Å²) in [5.41, 5.74) is -0.180. The highest BCUT2D eigenvalue weighted by Gasteiger charge is 2.36. The first kappa shape index (κ1) is 20.6. The molecule has 8 heteroatoms. The number of nitrogens with zero attached hydrogens (tertiary/aromatic N) is 1. The van der Waals surface area contributed by atoms with Gasteiger partial charge in [0.15, 0.2) is 5.75 Å².